The SMILES string of the molecule is CCC1(CC2=Cc3c(cccc3-c3cccc4ccccc34)C2)CCCCC1. The maximum atomic E-state index is 2.54. The van der Waals surface area contributed by atoms with Crippen molar-refractivity contribution in [3.63, 3.8) is 0 Å². The topological polar surface area (TPSA) is 0 Å². The fourth-order valence-electron chi connectivity index (χ4n) is 5.68. The molecule has 3 aromatic carbocycles. The molecule has 1 fully saturated rings. The van der Waals surface area contributed by atoms with Crippen molar-refractivity contribution in [3.8, 4) is 11.1 Å². The van der Waals surface area contributed by atoms with Crippen LogP contribution in [-0.4, -0.2) is 0 Å². The van der Waals surface area contributed by atoms with E-state index in [1.54, 1.807) is 5.57 Å². The Bertz CT molecular complexity index is 1030. The summed E-state index contributed by atoms with van der Waals surface area (Å²) in [7, 11) is 0. The summed E-state index contributed by atoms with van der Waals surface area (Å²) in [5.41, 5.74) is 7.98. The van der Waals surface area contributed by atoms with E-state index in [9.17, 15) is 0 Å². The lowest BCUT2D eigenvalue weighted by molar-refractivity contribution is 0.179. The molecule has 0 heterocycles. The zero-order chi connectivity index (χ0) is 19.0. The third-order valence-electron chi connectivity index (χ3n) is 7.31. The van der Waals surface area contributed by atoms with Gasteiger partial charge in [0.05, 0.1) is 0 Å². The van der Waals surface area contributed by atoms with Crippen LogP contribution in [0.25, 0.3) is 28.0 Å². The van der Waals surface area contributed by atoms with Gasteiger partial charge in [-0.1, -0.05) is 105 Å². The second-order valence-electron chi connectivity index (χ2n) is 8.98. The molecule has 0 saturated heterocycles. The zero-order valence-corrected chi connectivity index (χ0v) is 17.0. The summed E-state index contributed by atoms with van der Waals surface area (Å²) in [6.45, 7) is 2.41. The monoisotopic (exact) mass is 366 g/mol. The highest BCUT2D eigenvalue weighted by atomic mass is 14.4. The van der Waals surface area contributed by atoms with Crippen LogP contribution in [0.15, 0.2) is 66.2 Å². The highest BCUT2D eigenvalue weighted by Gasteiger charge is 2.32. The average Bonchev–Trinajstić information content (AvgIpc) is 3.16. The van der Waals surface area contributed by atoms with Gasteiger partial charge in [-0.25, -0.2) is 0 Å². The van der Waals surface area contributed by atoms with Crippen LogP contribution in [0.4, 0.5) is 0 Å². The van der Waals surface area contributed by atoms with E-state index in [0.29, 0.717) is 5.41 Å². The van der Waals surface area contributed by atoms with Crippen molar-refractivity contribution in [3.05, 3.63) is 77.4 Å². The van der Waals surface area contributed by atoms with Crippen LogP contribution < -0.4 is 0 Å². The van der Waals surface area contributed by atoms with E-state index in [0.717, 1.165) is 6.42 Å². The van der Waals surface area contributed by atoms with Crippen LogP contribution >= 0.6 is 0 Å². The van der Waals surface area contributed by atoms with Gasteiger partial charge in [0.2, 0.25) is 0 Å². The van der Waals surface area contributed by atoms with Gasteiger partial charge in [0.1, 0.15) is 0 Å². The van der Waals surface area contributed by atoms with Gasteiger partial charge in [-0.3, -0.25) is 0 Å². The lowest BCUT2D eigenvalue weighted by Crippen LogP contribution is -2.23. The fourth-order valence-corrected chi connectivity index (χ4v) is 5.68. The molecule has 0 amide bonds. The summed E-state index contributed by atoms with van der Waals surface area (Å²) < 4.78 is 0. The first-order valence-corrected chi connectivity index (χ1v) is 11.1. The first-order valence-electron chi connectivity index (χ1n) is 11.1. The Balaban J connectivity index is 1.54. The molecule has 0 atom stereocenters. The smallest absolute Gasteiger partial charge is 0.00574 e. The minimum atomic E-state index is 0.561. The second-order valence-corrected chi connectivity index (χ2v) is 8.98. The van der Waals surface area contributed by atoms with Crippen LogP contribution in [0.5, 0.6) is 0 Å². The van der Waals surface area contributed by atoms with E-state index >= 15 is 0 Å². The van der Waals surface area contributed by atoms with Gasteiger partial charge >= 0.3 is 0 Å². The lowest BCUT2D eigenvalue weighted by atomic mass is 9.68. The molecule has 1 saturated carbocycles. The van der Waals surface area contributed by atoms with Crippen molar-refractivity contribution < 1.29 is 0 Å². The largest absolute Gasteiger partial charge is 0.0648 e. The average molecular weight is 367 g/mol. The van der Waals surface area contributed by atoms with Crippen molar-refractivity contribution in [1.29, 1.82) is 0 Å². The summed E-state index contributed by atoms with van der Waals surface area (Å²) >= 11 is 0. The Labute approximate surface area is 169 Å². The van der Waals surface area contributed by atoms with Gasteiger partial charge in [-0.2, -0.15) is 0 Å². The third-order valence-corrected chi connectivity index (χ3v) is 7.31. The van der Waals surface area contributed by atoms with Crippen LogP contribution in [0, 0.1) is 5.41 Å². The quantitative estimate of drug-likeness (QED) is 0.436. The molecule has 0 spiro atoms. The van der Waals surface area contributed by atoms with E-state index in [-0.39, 0.29) is 0 Å². The molecule has 0 bridgehead atoms. The van der Waals surface area contributed by atoms with Gasteiger partial charge < -0.3 is 0 Å². The summed E-state index contributed by atoms with van der Waals surface area (Å²) in [5.74, 6) is 0. The molecule has 0 heteroatoms. The van der Waals surface area contributed by atoms with Gasteiger partial charge in [0, 0.05) is 0 Å². The molecule has 5 rings (SSSR count). The van der Waals surface area contributed by atoms with Gasteiger partial charge in [0.15, 0.2) is 0 Å². The number of allylic oxidation sites excluding steroid dienone is 1. The molecule has 2 aliphatic carbocycles. The first kappa shape index (κ1) is 17.7. The summed E-state index contributed by atoms with van der Waals surface area (Å²) in [5, 5.41) is 2.68. The van der Waals surface area contributed by atoms with Crippen molar-refractivity contribution >= 4 is 16.8 Å². The molecule has 0 radical (unpaired) electrons. The predicted octanol–water partition coefficient (Wildman–Crippen LogP) is 8.20. The molecule has 2 aliphatic rings. The molecule has 0 nitrogen and oxygen atoms in total. The number of fused-ring (bicyclic) bond motifs is 2. The summed E-state index contributed by atoms with van der Waals surface area (Å²) in [6.07, 6.45) is 13.5. The number of rotatable bonds is 4. The highest BCUT2D eigenvalue weighted by molar-refractivity contribution is 5.99. The Hall–Kier alpha value is -2.34. The highest BCUT2D eigenvalue weighted by Crippen LogP contribution is 2.47. The fraction of sp³-hybridized carbons (Fsp3) is 0.357. The Morgan fingerprint density at radius 2 is 1.54 bits per heavy atom. The molecule has 0 aromatic heterocycles. The summed E-state index contributed by atoms with van der Waals surface area (Å²) in [6, 6.07) is 22.4. The number of hydrogen-bond donors (Lipinski definition) is 0. The summed E-state index contributed by atoms with van der Waals surface area (Å²) in [4.78, 5) is 0. The lowest BCUT2D eigenvalue weighted by Gasteiger charge is -2.37. The molecule has 28 heavy (non-hydrogen) atoms. The van der Waals surface area contributed by atoms with Crippen LogP contribution in [-0.2, 0) is 6.42 Å². The van der Waals surface area contributed by atoms with Crippen molar-refractivity contribution in [1.82, 2.24) is 0 Å². The van der Waals surface area contributed by atoms with Crippen molar-refractivity contribution in [2.24, 2.45) is 5.41 Å². The molecular weight excluding hydrogens is 336 g/mol. The van der Waals surface area contributed by atoms with E-state index in [2.05, 4.69) is 73.7 Å². The Morgan fingerprint density at radius 1 is 0.786 bits per heavy atom. The van der Waals surface area contributed by atoms with Crippen LogP contribution in [0.3, 0.4) is 0 Å². The zero-order valence-electron chi connectivity index (χ0n) is 17.0. The molecule has 0 aliphatic heterocycles. The van der Waals surface area contributed by atoms with E-state index in [1.165, 1.54) is 78.0 Å². The molecular formula is C28H30. The van der Waals surface area contributed by atoms with Crippen molar-refractivity contribution in [2.75, 3.05) is 0 Å². The van der Waals surface area contributed by atoms with Gasteiger partial charge in [0.25, 0.3) is 0 Å². The minimum Gasteiger partial charge on any atom is -0.0648 e. The van der Waals surface area contributed by atoms with E-state index < -0.39 is 0 Å². The molecule has 3 aromatic rings. The van der Waals surface area contributed by atoms with E-state index in [1.807, 2.05) is 0 Å². The van der Waals surface area contributed by atoms with Gasteiger partial charge in [-0.15, -0.1) is 0 Å². The normalized spacial score (nSPS) is 18.1. The minimum absolute atomic E-state index is 0.561. The van der Waals surface area contributed by atoms with Crippen LogP contribution in [0.2, 0.25) is 0 Å². The predicted molar refractivity (Wildman–Crippen MR) is 121 cm³/mol. The Morgan fingerprint density at radius 3 is 2.39 bits per heavy atom. The molecule has 0 N–H and O–H groups in total. The maximum absolute atomic E-state index is 2.54. The molecule has 142 valence electrons. The number of benzene rings is 3. The Kier molecular flexibility index (Phi) is 4.59. The van der Waals surface area contributed by atoms with Crippen LogP contribution in [0.1, 0.15) is 63.0 Å². The van der Waals surface area contributed by atoms with Gasteiger partial charge in [-0.05, 0) is 64.1 Å². The standard InChI is InChI=1S/C28H30/c1-2-28(16-6-3-7-17-28)20-21-18-23-12-9-15-26(27(23)19-21)25-14-8-11-22-10-4-5-13-24(22)25/h4-5,8-15,19H,2-3,6-7,16-18,20H2,1H3. The third kappa shape index (κ3) is 3.09. The first-order chi connectivity index (χ1) is 13.8. The molecule has 0 unspecified atom stereocenters. The van der Waals surface area contributed by atoms with E-state index in [4.69, 9.17) is 0 Å². The second kappa shape index (κ2) is 7.24. The number of hydrogen-bond acceptors (Lipinski definition) is 0. The van der Waals surface area contributed by atoms with Crippen molar-refractivity contribution in [2.45, 2.75) is 58.3 Å². The maximum Gasteiger partial charge on any atom is -0.00574 e.